The molecular weight excluding hydrogens is 299 g/mol. The smallest absolute Gasteiger partial charge is 0.242 e. The lowest BCUT2D eigenvalue weighted by molar-refractivity contribution is -0.131. The van der Waals surface area contributed by atoms with Gasteiger partial charge in [0.1, 0.15) is 5.82 Å². The van der Waals surface area contributed by atoms with Crippen molar-refractivity contribution in [3.05, 3.63) is 24.0 Å². The highest BCUT2D eigenvalue weighted by molar-refractivity contribution is 5.83. The molecule has 126 valence electrons. The van der Waals surface area contributed by atoms with Crippen LogP contribution in [0.1, 0.15) is 0 Å². The topological polar surface area (TPSA) is 62.0 Å². The van der Waals surface area contributed by atoms with Gasteiger partial charge in [-0.2, -0.15) is 0 Å². The van der Waals surface area contributed by atoms with Gasteiger partial charge < -0.3 is 20.3 Å². The number of benzene rings is 1. The van der Waals surface area contributed by atoms with Gasteiger partial charge in [0.2, 0.25) is 5.91 Å². The van der Waals surface area contributed by atoms with Crippen molar-refractivity contribution < 1.29 is 13.9 Å². The highest BCUT2D eigenvalue weighted by atomic mass is 19.1. The quantitative estimate of drug-likeness (QED) is 0.813. The van der Waals surface area contributed by atoms with Crippen LogP contribution in [-0.4, -0.2) is 74.7 Å². The predicted molar refractivity (Wildman–Crippen MR) is 86.9 cm³/mol. The number of rotatable bonds is 4. The molecule has 0 saturated carbocycles. The van der Waals surface area contributed by atoms with Gasteiger partial charge in [0.05, 0.1) is 25.4 Å². The molecule has 0 spiro atoms. The summed E-state index contributed by atoms with van der Waals surface area (Å²) in [6.07, 6.45) is 0. The summed E-state index contributed by atoms with van der Waals surface area (Å²) < 4.78 is 19.3. The number of nitrogens with two attached hydrogens (primary N) is 1. The summed E-state index contributed by atoms with van der Waals surface area (Å²) in [7, 11) is 0. The number of nitrogen functional groups attached to an aromatic ring is 1. The number of hydrogen-bond acceptors (Lipinski definition) is 5. The summed E-state index contributed by atoms with van der Waals surface area (Å²) in [5.41, 5.74) is 6.40. The summed E-state index contributed by atoms with van der Waals surface area (Å²) >= 11 is 0. The Labute approximate surface area is 135 Å². The Morgan fingerprint density at radius 3 is 2.61 bits per heavy atom. The second-order valence-corrected chi connectivity index (χ2v) is 5.97. The van der Waals surface area contributed by atoms with Crippen LogP contribution in [0.3, 0.4) is 0 Å². The summed E-state index contributed by atoms with van der Waals surface area (Å²) in [6.45, 7) is 6.42. The van der Waals surface area contributed by atoms with Gasteiger partial charge in [0.25, 0.3) is 0 Å². The Morgan fingerprint density at radius 1 is 1.13 bits per heavy atom. The van der Waals surface area contributed by atoms with Crippen molar-refractivity contribution in [1.82, 2.24) is 9.80 Å². The van der Waals surface area contributed by atoms with Crippen LogP contribution in [0.25, 0.3) is 0 Å². The van der Waals surface area contributed by atoms with Crippen LogP contribution >= 0.6 is 0 Å². The zero-order valence-electron chi connectivity index (χ0n) is 13.2. The number of morpholine rings is 1. The van der Waals surface area contributed by atoms with Crippen LogP contribution in [-0.2, 0) is 9.53 Å². The first-order valence-electron chi connectivity index (χ1n) is 8.01. The van der Waals surface area contributed by atoms with E-state index >= 15 is 0 Å². The Kier molecular flexibility index (Phi) is 4.97. The molecule has 3 rings (SSSR count). The molecule has 2 aliphatic rings. The molecule has 1 aromatic rings. The van der Waals surface area contributed by atoms with E-state index in [-0.39, 0.29) is 18.3 Å². The number of nitrogens with zero attached hydrogens (tertiary/aromatic N) is 3. The van der Waals surface area contributed by atoms with Gasteiger partial charge in [-0.3, -0.25) is 9.69 Å². The number of amides is 1. The van der Waals surface area contributed by atoms with Gasteiger partial charge in [0.15, 0.2) is 0 Å². The van der Waals surface area contributed by atoms with Crippen molar-refractivity contribution in [2.75, 3.05) is 69.7 Å². The maximum Gasteiger partial charge on any atom is 0.242 e. The SMILES string of the molecule is Nc1ccc(N2CCN(CCN3CCOCC3)C(=O)C2)c(F)c1. The first-order chi connectivity index (χ1) is 11.1. The molecule has 2 aliphatic heterocycles. The molecule has 2 fully saturated rings. The molecule has 0 bridgehead atoms. The fourth-order valence-electron chi connectivity index (χ4n) is 3.02. The maximum absolute atomic E-state index is 14.0. The third-order valence-corrected chi connectivity index (χ3v) is 4.42. The van der Waals surface area contributed by atoms with E-state index in [9.17, 15) is 9.18 Å². The Hall–Kier alpha value is -1.86. The molecule has 1 amide bonds. The minimum Gasteiger partial charge on any atom is -0.399 e. The van der Waals surface area contributed by atoms with E-state index in [1.54, 1.807) is 17.0 Å². The number of hydrogen-bond donors (Lipinski definition) is 1. The number of carbonyl (C=O) groups excluding carboxylic acids is 1. The Bertz CT molecular complexity index is 563. The summed E-state index contributed by atoms with van der Waals surface area (Å²) in [5, 5.41) is 0. The van der Waals surface area contributed by atoms with E-state index in [1.165, 1.54) is 6.07 Å². The minimum atomic E-state index is -0.375. The van der Waals surface area contributed by atoms with Crippen molar-refractivity contribution in [2.45, 2.75) is 0 Å². The third-order valence-electron chi connectivity index (χ3n) is 4.42. The van der Waals surface area contributed by atoms with Crippen LogP contribution in [0.4, 0.5) is 15.8 Å². The van der Waals surface area contributed by atoms with E-state index in [1.807, 2.05) is 4.90 Å². The van der Waals surface area contributed by atoms with Crippen molar-refractivity contribution in [2.24, 2.45) is 0 Å². The second-order valence-electron chi connectivity index (χ2n) is 5.97. The third kappa shape index (κ3) is 3.92. The van der Waals surface area contributed by atoms with Gasteiger partial charge in [-0.25, -0.2) is 4.39 Å². The number of halogens is 1. The molecule has 0 unspecified atom stereocenters. The zero-order valence-corrected chi connectivity index (χ0v) is 13.2. The minimum absolute atomic E-state index is 0.0423. The molecule has 0 radical (unpaired) electrons. The van der Waals surface area contributed by atoms with E-state index in [0.29, 0.717) is 24.5 Å². The van der Waals surface area contributed by atoms with Gasteiger partial charge in [-0.1, -0.05) is 0 Å². The molecule has 1 aromatic carbocycles. The molecule has 2 heterocycles. The molecule has 2 saturated heterocycles. The van der Waals surface area contributed by atoms with Gasteiger partial charge in [-0.05, 0) is 18.2 Å². The Balaban J connectivity index is 1.53. The maximum atomic E-state index is 14.0. The molecule has 2 N–H and O–H groups in total. The zero-order chi connectivity index (χ0) is 16.2. The van der Waals surface area contributed by atoms with Crippen LogP contribution in [0, 0.1) is 5.82 Å². The number of carbonyl (C=O) groups is 1. The molecule has 6 nitrogen and oxygen atoms in total. The number of ether oxygens (including phenoxy) is 1. The molecule has 23 heavy (non-hydrogen) atoms. The summed E-state index contributed by atoms with van der Waals surface area (Å²) in [4.78, 5) is 18.3. The lowest BCUT2D eigenvalue weighted by Gasteiger charge is -2.37. The average Bonchev–Trinajstić information content (AvgIpc) is 2.55. The van der Waals surface area contributed by atoms with E-state index < -0.39 is 0 Å². The predicted octanol–water partition coefficient (Wildman–Crippen LogP) is 0.389. The van der Waals surface area contributed by atoms with Crippen molar-refractivity contribution in [1.29, 1.82) is 0 Å². The lowest BCUT2D eigenvalue weighted by atomic mass is 10.2. The largest absolute Gasteiger partial charge is 0.399 e. The Morgan fingerprint density at radius 2 is 1.91 bits per heavy atom. The van der Waals surface area contributed by atoms with Gasteiger partial charge in [-0.15, -0.1) is 0 Å². The van der Waals surface area contributed by atoms with Crippen LogP contribution in [0.15, 0.2) is 18.2 Å². The molecular formula is C16H23FN4O2. The van der Waals surface area contributed by atoms with Crippen LogP contribution in [0.5, 0.6) is 0 Å². The summed E-state index contributed by atoms with van der Waals surface area (Å²) in [6, 6.07) is 4.60. The first-order valence-corrected chi connectivity index (χ1v) is 8.01. The standard InChI is InChI=1S/C16H23FN4O2/c17-14-11-13(18)1-2-15(14)21-6-5-20(16(22)12-21)4-3-19-7-9-23-10-8-19/h1-2,11H,3-10,12,18H2. The van der Waals surface area contributed by atoms with E-state index in [4.69, 9.17) is 10.5 Å². The highest BCUT2D eigenvalue weighted by Gasteiger charge is 2.26. The molecule has 0 atom stereocenters. The van der Waals surface area contributed by atoms with Crippen LogP contribution in [0.2, 0.25) is 0 Å². The van der Waals surface area contributed by atoms with E-state index in [2.05, 4.69) is 4.90 Å². The fraction of sp³-hybridized carbons (Fsp3) is 0.562. The summed E-state index contributed by atoms with van der Waals surface area (Å²) in [5.74, 6) is -0.333. The van der Waals surface area contributed by atoms with Gasteiger partial charge in [0, 0.05) is 45.0 Å². The average molecular weight is 322 g/mol. The van der Waals surface area contributed by atoms with Gasteiger partial charge >= 0.3 is 0 Å². The van der Waals surface area contributed by atoms with E-state index in [0.717, 1.165) is 39.4 Å². The highest BCUT2D eigenvalue weighted by Crippen LogP contribution is 2.23. The fourth-order valence-corrected chi connectivity index (χ4v) is 3.02. The second kappa shape index (κ2) is 7.14. The van der Waals surface area contributed by atoms with Crippen molar-refractivity contribution in [3.8, 4) is 0 Å². The molecule has 7 heteroatoms. The normalized spacial score (nSPS) is 20.1. The number of piperazine rings is 1. The lowest BCUT2D eigenvalue weighted by Crippen LogP contribution is -2.53. The van der Waals surface area contributed by atoms with Crippen molar-refractivity contribution >= 4 is 17.3 Å². The monoisotopic (exact) mass is 322 g/mol. The molecule has 0 aromatic heterocycles. The van der Waals surface area contributed by atoms with Crippen LogP contribution < -0.4 is 10.6 Å². The molecule has 0 aliphatic carbocycles. The number of anilines is 2. The first kappa shape index (κ1) is 16.0. The van der Waals surface area contributed by atoms with Crippen molar-refractivity contribution in [3.63, 3.8) is 0 Å².